The van der Waals surface area contributed by atoms with E-state index in [0.717, 1.165) is 22.6 Å². The van der Waals surface area contributed by atoms with Crippen LogP contribution in [0.2, 0.25) is 0 Å². The second kappa shape index (κ2) is 5.36. The first-order chi connectivity index (χ1) is 11.5. The summed E-state index contributed by atoms with van der Waals surface area (Å²) in [5.41, 5.74) is 3.66. The molecule has 0 spiro atoms. The molecule has 24 heavy (non-hydrogen) atoms. The third kappa shape index (κ3) is 2.24. The van der Waals surface area contributed by atoms with Gasteiger partial charge in [-0.1, -0.05) is 6.07 Å². The number of aromatic nitrogens is 2. The van der Waals surface area contributed by atoms with E-state index >= 15 is 0 Å². The molecule has 4 rings (SSSR count). The van der Waals surface area contributed by atoms with Gasteiger partial charge >= 0.3 is 6.03 Å². The predicted molar refractivity (Wildman–Crippen MR) is 90.1 cm³/mol. The molecule has 0 saturated carbocycles. The molecule has 1 unspecified atom stereocenters. The number of likely N-dealkylation sites (N-methyl/N-ethyl adjacent to an activating group) is 1. The lowest BCUT2D eigenvalue weighted by atomic mass is 9.87. The van der Waals surface area contributed by atoms with Crippen molar-refractivity contribution in [1.82, 2.24) is 14.7 Å². The predicted octanol–water partition coefficient (Wildman–Crippen LogP) is 1.77. The van der Waals surface area contributed by atoms with E-state index in [-0.39, 0.29) is 17.9 Å². The quantitative estimate of drug-likeness (QED) is 0.915. The molecule has 2 aliphatic heterocycles. The summed E-state index contributed by atoms with van der Waals surface area (Å²) in [6, 6.07) is 7.79. The zero-order valence-electron chi connectivity index (χ0n) is 13.7. The Balaban J connectivity index is 1.74. The van der Waals surface area contributed by atoms with Crippen molar-refractivity contribution in [1.29, 1.82) is 0 Å². The molecule has 7 nitrogen and oxygen atoms in total. The van der Waals surface area contributed by atoms with E-state index in [0.29, 0.717) is 19.5 Å². The number of aryl methyl sites for hydroxylation is 1. The van der Waals surface area contributed by atoms with Crippen molar-refractivity contribution in [3.63, 3.8) is 0 Å². The van der Waals surface area contributed by atoms with Crippen molar-refractivity contribution in [3.05, 3.63) is 41.7 Å². The number of urea groups is 1. The van der Waals surface area contributed by atoms with Crippen molar-refractivity contribution < 1.29 is 9.59 Å². The second-order valence-corrected chi connectivity index (χ2v) is 6.31. The summed E-state index contributed by atoms with van der Waals surface area (Å²) in [6.45, 7) is 1.37. The van der Waals surface area contributed by atoms with Gasteiger partial charge in [-0.25, -0.2) is 4.79 Å². The molecule has 0 aliphatic carbocycles. The van der Waals surface area contributed by atoms with Gasteiger partial charge in [0.1, 0.15) is 0 Å². The zero-order chi connectivity index (χ0) is 16.8. The van der Waals surface area contributed by atoms with E-state index < -0.39 is 0 Å². The summed E-state index contributed by atoms with van der Waals surface area (Å²) in [5, 5.41) is 7.16. The smallest absolute Gasteiger partial charge is 0.324 e. The summed E-state index contributed by atoms with van der Waals surface area (Å²) in [5.74, 6) is -0.0389. The van der Waals surface area contributed by atoms with Gasteiger partial charge in [-0.2, -0.15) is 5.10 Å². The molecule has 1 fully saturated rings. The highest BCUT2D eigenvalue weighted by Gasteiger charge is 2.31. The number of amides is 3. The van der Waals surface area contributed by atoms with Crippen LogP contribution in [0.25, 0.3) is 0 Å². The largest absolute Gasteiger partial charge is 0.326 e. The van der Waals surface area contributed by atoms with Crippen LogP contribution in [0.5, 0.6) is 0 Å². The first-order valence-corrected chi connectivity index (χ1v) is 7.99. The molecule has 1 saturated heterocycles. The minimum atomic E-state index is -0.0211. The number of nitrogens with zero attached hydrogens (tertiary/aromatic N) is 4. The normalized spacial score (nSPS) is 20.3. The van der Waals surface area contributed by atoms with Crippen LogP contribution in [0.3, 0.4) is 0 Å². The van der Waals surface area contributed by atoms with E-state index in [1.54, 1.807) is 27.7 Å². The highest BCUT2D eigenvalue weighted by Crippen LogP contribution is 2.39. The number of carbonyl (C=O) groups excluding carboxylic acids is 2. The maximum Gasteiger partial charge on any atom is 0.324 e. The van der Waals surface area contributed by atoms with Gasteiger partial charge in [-0.15, -0.1) is 0 Å². The summed E-state index contributed by atoms with van der Waals surface area (Å²) >= 11 is 0. The summed E-state index contributed by atoms with van der Waals surface area (Å²) in [7, 11) is 3.68. The van der Waals surface area contributed by atoms with Gasteiger partial charge in [-0.05, 0) is 23.8 Å². The Kier molecular flexibility index (Phi) is 3.30. The first-order valence-electron chi connectivity index (χ1n) is 7.99. The van der Waals surface area contributed by atoms with E-state index in [4.69, 9.17) is 0 Å². The lowest BCUT2D eigenvalue weighted by Crippen LogP contribution is -2.30. The van der Waals surface area contributed by atoms with Crippen LogP contribution in [-0.2, 0) is 11.8 Å². The van der Waals surface area contributed by atoms with Crippen LogP contribution in [0.15, 0.2) is 30.5 Å². The van der Waals surface area contributed by atoms with E-state index in [9.17, 15) is 9.59 Å². The van der Waals surface area contributed by atoms with Crippen LogP contribution >= 0.6 is 0 Å². The van der Waals surface area contributed by atoms with Gasteiger partial charge in [0, 0.05) is 62.8 Å². The number of benzene rings is 1. The molecule has 1 aromatic carbocycles. The van der Waals surface area contributed by atoms with Gasteiger partial charge in [0.05, 0.1) is 0 Å². The molecule has 0 radical (unpaired) electrons. The Morgan fingerprint density at radius 3 is 2.67 bits per heavy atom. The fourth-order valence-corrected chi connectivity index (χ4v) is 3.50. The van der Waals surface area contributed by atoms with Gasteiger partial charge in [0.15, 0.2) is 0 Å². The standard InChI is InChI=1S/C17H19N5O2/c1-20-7-8-22(17(20)24)11-3-4-12-13(15-5-6-18-21(15)2)10-16(23)19-14(12)9-11/h3-6,9,13H,7-8,10H2,1-2H3,(H,19,23). The number of nitrogens with one attached hydrogen (secondary N) is 1. The van der Waals surface area contributed by atoms with E-state index in [1.807, 2.05) is 31.3 Å². The maximum absolute atomic E-state index is 12.2. The van der Waals surface area contributed by atoms with Crippen molar-refractivity contribution in [3.8, 4) is 0 Å². The number of hydrogen-bond donors (Lipinski definition) is 1. The fourth-order valence-electron chi connectivity index (χ4n) is 3.50. The van der Waals surface area contributed by atoms with Gasteiger partial charge in [-0.3, -0.25) is 14.4 Å². The number of carbonyl (C=O) groups is 2. The van der Waals surface area contributed by atoms with Crippen molar-refractivity contribution >= 4 is 23.3 Å². The fraction of sp³-hybridized carbons (Fsp3) is 0.353. The molecule has 1 aromatic heterocycles. The number of hydrogen-bond acceptors (Lipinski definition) is 3. The highest BCUT2D eigenvalue weighted by atomic mass is 16.2. The van der Waals surface area contributed by atoms with E-state index in [2.05, 4.69) is 10.4 Å². The minimum absolute atomic E-state index is 0.0136. The first kappa shape index (κ1) is 14.7. The molecule has 0 bridgehead atoms. The molecular weight excluding hydrogens is 306 g/mol. The molecule has 2 aromatic rings. The summed E-state index contributed by atoms with van der Waals surface area (Å²) < 4.78 is 1.81. The Morgan fingerprint density at radius 2 is 2.00 bits per heavy atom. The number of fused-ring (bicyclic) bond motifs is 1. The van der Waals surface area contributed by atoms with Crippen molar-refractivity contribution in [2.75, 3.05) is 30.4 Å². The van der Waals surface area contributed by atoms with Crippen LogP contribution < -0.4 is 10.2 Å². The summed E-state index contributed by atoms with van der Waals surface area (Å²) in [6.07, 6.45) is 2.14. The Labute approximate surface area is 139 Å². The average Bonchev–Trinajstić information content (AvgIpc) is 3.12. The molecule has 7 heteroatoms. The zero-order valence-corrected chi connectivity index (χ0v) is 13.7. The lowest BCUT2D eigenvalue weighted by Gasteiger charge is -2.27. The van der Waals surface area contributed by atoms with Gasteiger partial charge in [0.2, 0.25) is 5.91 Å². The molecule has 124 valence electrons. The van der Waals surface area contributed by atoms with Crippen LogP contribution in [0.1, 0.15) is 23.6 Å². The third-order valence-electron chi connectivity index (χ3n) is 4.82. The van der Waals surface area contributed by atoms with Crippen LogP contribution in [0, 0.1) is 0 Å². The lowest BCUT2D eigenvalue weighted by molar-refractivity contribution is -0.116. The number of anilines is 2. The Hall–Kier alpha value is -2.83. The molecule has 2 aliphatic rings. The highest BCUT2D eigenvalue weighted by molar-refractivity contribution is 5.98. The SMILES string of the molecule is CN1CCN(c2ccc3c(c2)NC(=O)CC3c2ccnn2C)C1=O. The monoisotopic (exact) mass is 325 g/mol. The number of rotatable bonds is 2. The third-order valence-corrected chi connectivity index (χ3v) is 4.82. The van der Waals surface area contributed by atoms with Crippen molar-refractivity contribution in [2.45, 2.75) is 12.3 Å². The minimum Gasteiger partial charge on any atom is -0.326 e. The molecule has 3 amide bonds. The Bertz CT molecular complexity index is 828. The molecule has 1 N–H and O–H groups in total. The molecule has 1 atom stereocenters. The van der Waals surface area contributed by atoms with E-state index in [1.165, 1.54) is 0 Å². The van der Waals surface area contributed by atoms with Gasteiger partial charge < -0.3 is 10.2 Å². The van der Waals surface area contributed by atoms with Crippen molar-refractivity contribution in [2.24, 2.45) is 7.05 Å². The second-order valence-electron chi connectivity index (χ2n) is 6.31. The molecule has 3 heterocycles. The molecular formula is C17H19N5O2. The van der Waals surface area contributed by atoms with Crippen LogP contribution in [-0.4, -0.2) is 46.8 Å². The maximum atomic E-state index is 12.2. The Morgan fingerprint density at radius 1 is 1.17 bits per heavy atom. The van der Waals surface area contributed by atoms with Crippen LogP contribution in [0.4, 0.5) is 16.2 Å². The summed E-state index contributed by atoms with van der Waals surface area (Å²) in [4.78, 5) is 27.8. The van der Waals surface area contributed by atoms with Gasteiger partial charge in [0.25, 0.3) is 0 Å². The topological polar surface area (TPSA) is 70.5 Å². The average molecular weight is 325 g/mol.